The number of hydrogen-bond acceptors (Lipinski definition) is 4. The first-order valence-corrected chi connectivity index (χ1v) is 10.3. The Morgan fingerprint density at radius 1 is 1.03 bits per heavy atom. The molecule has 0 aliphatic carbocycles. The van der Waals surface area contributed by atoms with Gasteiger partial charge in [0.1, 0.15) is 26.2 Å². The Kier molecular flexibility index (Phi) is 5.32. The Morgan fingerprint density at radius 3 is 2.38 bits per heavy atom. The van der Waals surface area contributed by atoms with E-state index in [1.807, 2.05) is 16.9 Å². The van der Waals surface area contributed by atoms with Crippen LogP contribution in [0.15, 0.2) is 48.7 Å². The lowest BCUT2D eigenvalue weighted by atomic mass is 10.0. The van der Waals surface area contributed by atoms with Crippen LogP contribution in [0.2, 0.25) is 0 Å². The number of rotatable bonds is 4. The van der Waals surface area contributed by atoms with Gasteiger partial charge in [0.15, 0.2) is 6.04 Å². The normalized spacial score (nSPS) is 16.8. The van der Waals surface area contributed by atoms with E-state index < -0.39 is 0 Å². The van der Waals surface area contributed by atoms with E-state index in [0.717, 1.165) is 32.0 Å². The van der Waals surface area contributed by atoms with E-state index in [0.29, 0.717) is 0 Å². The SMILES string of the molecule is Cc1ccc([C@@H](c2nnnn2C(C)(C)C)[NH+]2CCN(c3cccc[nH+]3)CC2)cc1. The monoisotopic (exact) mass is 393 g/mol. The Morgan fingerprint density at radius 2 is 1.76 bits per heavy atom. The van der Waals surface area contributed by atoms with Gasteiger partial charge < -0.3 is 4.90 Å². The first-order valence-electron chi connectivity index (χ1n) is 10.3. The number of H-pyrrole nitrogens is 1. The molecule has 1 saturated heterocycles. The smallest absolute Gasteiger partial charge is 0.274 e. The minimum atomic E-state index is -0.165. The fraction of sp³-hybridized carbons (Fsp3) is 0.455. The molecule has 3 heterocycles. The molecular weight excluding hydrogens is 362 g/mol. The van der Waals surface area contributed by atoms with Gasteiger partial charge in [0.05, 0.1) is 11.7 Å². The summed E-state index contributed by atoms with van der Waals surface area (Å²) in [7, 11) is 0. The molecule has 0 radical (unpaired) electrons. The predicted octanol–water partition coefficient (Wildman–Crippen LogP) is 1.05. The number of piperazine rings is 1. The number of anilines is 1. The van der Waals surface area contributed by atoms with Gasteiger partial charge in [-0.15, -0.1) is 5.10 Å². The number of aryl methyl sites for hydroxylation is 1. The fourth-order valence-electron chi connectivity index (χ4n) is 4.08. The van der Waals surface area contributed by atoms with Crippen LogP contribution in [-0.4, -0.2) is 46.4 Å². The molecular formula is C22H31N7+2. The van der Waals surface area contributed by atoms with Crippen LogP contribution < -0.4 is 14.8 Å². The molecule has 0 bridgehead atoms. The molecule has 3 aromatic rings. The van der Waals surface area contributed by atoms with Crippen LogP contribution in [0, 0.1) is 6.92 Å². The van der Waals surface area contributed by atoms with Gasteiger partial charge in [0, 0.05) is 11.6 Å². The van der Waals surface area contributed by atoms with Crippen LogP contribution in [0.1, 0.15) is 43.8 Å². The van der Waals surface area contributed by atoms with Crippen molar-refractivity contribution in [1.29, 1.82) is 0 Å². The highest BCUT2D eigenvalue weighted by atomic mass is 15.6. The molecule has 0 amide bonds. The maximum atomic E-state index is 4.50. The number of aromatic nitrogens is 5. The highest BCUT2D eigenvalue weighted by molar-refractivity contribution is 5.32. The van der Waals surface area contributed by atoms with Crippen molar-refractivity contribution in [3.05, 3.63) is 65.6 Å². The molecule has 4 rings (SSSR count). The van der Waals surface area contributed by atoms with E-state index in [4.69, 9.17) is 0 Å². The van der Waals surface area contributed by atoms with Gasteiger partial charge in [-0.05, 0) is 44.2 Å². The summed E-state index contributed by atoms with van der Waals surface area (Å²) < 4.78 is 1.99. The first kappa shape index (κ1) is 19.5. The molecule has 152 valence electrons. The summed E-state index contributed by atoms with van der Waals surface area (Å²) in [5, 5.41) is 12.9. The summed E-state index contributed by atoms with van der Waals surface area (Å²) in [6.07, 6.45) is 1.99. The van der Waals surface area contributed by atoms with Crippen molar-refractivity contribution < 1.29 is 9.88 Å². The Hall–Kier alpha value is -2.80. The second-order valence-corrected chi connectivity index (χ2v) is 8.86. The van der Waals surface area contributed by atoms with Gasteiger partial charge in [-0.25, -0.2) is 9.67 Å². The predicted molar refractivity (Wildman–Crippen MR) is 112 cm³/mol. The highest BCUT2D eigenvalue weighted by Crippen LogP contribution is 2.23. The van der Waals surface area contributed by atoms with Gasteiger partial charge >= 0.3 is 0 Å². The number of aromatic amines is 1. The Labute approximate surface area is 172 Å². The number of tetrazole rings is 1. The number of nitrogens with zero attached hydrogens (tertiary/aromatic N) is 5. The van der Waals surface area contributed by atoms with Gasteiger partial charge in [-0.3, -0.25) is 4.90 Å². The zero-order valence-corrected chi connectivity index (χ0v) is 17.8. The van der Waals surface area contributed by atoms with Crippen molar-refractivity contribution in [2.75, 3.05) is 31.1 Å². The third kappa shape index (κ3) is 4.15. The van der Waals surface area contributed by atoms with Crippen molar-refractivity contribution >= 4 is 5.82 Å². The summed E-state index contributed by atoms with van der Waals surface area (Å²) in [4.78, 5) is 7.28. The third-order valence-electron chi connectivity index (χ3n) is 5.65. The van der Waals surface area contributed by atoms with Gasteiger partial charge in [0.25, 0.3) is 5.82 Å². The molecule has 2 N–H and O–H groups in total. The van der Waals surface area contributed by atoms with E-state index in [1.54, 1.807) is 0 Å². The second-order valence-electron chi connectivity index (χ2n) is 8.86. The summed E-state index contributed by atoms with van der Waals surface area (Å²) in [6, 6.07) is 15.2. The molecule has 0 spiro atoms. The van der Waals surface area contributed by atoms with E-state index in [9.17, 15) is 0 Å². The van der Waals surface area contributed by atoms with Gasteiger partial charge in [-0.2, -0.15) is 0 Å². The van der Waals surface area contributed by atoms with Crippen molar-refractivity contribution in [3.63, 3.8) is 0 Å². The minimum Gasteiger partial charge on any atom is -0.316 e. The Bertz CT molecular complexity index is 920. The fourth-order valence-corrected chi connectivity index (χ4v) is 4.08. The average Bonchev–Trinajstić information content (AvgIpc) is 3.21. The lowest BCUT2D eigenvalue weighted by molar-refractivity contribution is -0.927. The van der Waals surface area contributed by atoms with Crippen LogP contribution >= 0.6 is 0 Å². The zero-order valence-electron chi connectivity index (χ0n) is 17.8. The maximum absolute atomic E-state index is 4.50. The summed E-state index contributed by atoms with van der Waals surface area (Å²) in [5.74, 6) is 2.12. The largest absolute Gasteiger partial charge is 0.316 e. The first-order chi connectivity index (χ1) is 13.9. The molecule has 2 aromatic heterocycles. The molecule has 7 nitrogen and oxygen atoms in total. The van der Waals surface area contributed by atoms with Crippen LogP contribution in [0.25, 0.3) is 0 Å². The van der Waals surface area contributed by atoms with Crippen LogP contribution in [0.5, 0.6) is 0 Å². The molecule has 0 saturated carbocycles. The van der Waals surface area contributed by atoms with E-state index >= 15 is 0 Å². The van der Waals surface area contributed by atoms with Crippen molar-refractivity contribution in [2.24, 2.45) is 0 Å². The van der Waals surface area contributed by atoms with Gasteiger partial charge in [-0.1, -0.05) is 35.9 Å². The molecule has 1 atom stereocenters. The van der Waals surface area contributed by atoms with Crippen LogP contribution in [-0.2, 0) is 5.54 Å². The van der Waals surface area contributed by atoms with Crippen LogP contribution in [0.3, 0.4) is 0 Å². The number of pyridine rings is 1. The third-order valence-corrected chi connectivity index (χ3v) is 5.65. The molecule has 1 aliphatic rings. The number of hydrogen-bond donors (Lipinski definition) is 1. The quantitative estimate of drug-likeness (QED) is 0.720. The van der Waals surface area contributed by atoms with Crippen molar-refractivity contribution in [2.45, 2.75) is 39.3 Å². The number of benzene rings is 1. The van der Waals surface area contributed by atoms with E-state index in [1.165, 1.54) is 21.8 Å². The molecule has 1 aromatic carbocycles. The van der Waals surface area contributed by atoms with Crippen molar-refractivity contribution in [3.8, 4) is 0 Å². The van der Waals surface area contributed by atoms with E-state index in [2.05, 4.69) is 89.5 Å². The molecule has 7 heteroatoms. The summed E-state index contributed by atoms with van der Waals surface area (Å²) in [6.45, 7) is 12.6. The summed E-state index contributed by atoms with van der Waals surface area (Å²) in [5.41, 5.74) is 2.37. The standard InChI is InChI=1S/C22H29N7/c1-17-8-10-18(11-9-17)20(21-24-25-26-29(21)22(2,3)4)28-15-13-27(14-16-28)19-7-5-6-12-23-19/h5-12,20H,13-16H2,1-4H3/p+2/t20-/m0/s1. The maximum Gasteiger partial charge on any atom is 0.274 e. The van der Waals surface area contributed by atoms with Crippen molar-refractivity contribution in [1.82, 2.24) is 20.2 Å². The van der Waals surface area contributed by atoms with E-state index in [-0.39, 0.29) is 11.6 Å². The summed E-state index contributed by atoms with van der Waals surface area (Å²) >= 11 is 0. The van der Waals surface area contributed by atoms with Crippen LogP contribution in [0.4, 0.5) is 5.82 Å². The lowest BCUT2D eigenvalue weighted by Crippen LogP contribution is -3.15. The second kappa shape index (κ2) is 7.91. The molecule has 0 unspecified atom stereocenters. The number of nitrogens with one attached hydrogen (secondary N) is 2. The lowest BCUT2D eigenvalue weighted by Gasteiger charge is -2.34. The highest BCUT2D eigenvalue weighted by Gasteiger charge is 2.37. The molecule has 1 fully saturated rings. The minimum absolute atomic E-state index is 0.117. The number of quaternary nitrogens is 1. The molecule has 1 aliphatic heterocycles. The topological polar surface area (TPSA) is 65.4 Å². The average molecular weight is 394 g/mol. The van der Waals surface area contributed by atoms with Gasteiger partial charge in [0.2, 0.25) is 5.82 Å². The molecule has 29 heavy (non-hydrogen) atoms. The zero-order chi connectivity index (χ0) is 20.4. The Balaban J connectivity index is 1.64.